The van der Waals surface area contributed by atoms with Gasteiger partial charge >= 0.3 is 0 Å². The van der Waals surface area contributed by atoms with Gasteiger partial charge in [0.1, 0.15) is 0 Å². The zero-order valence-corrected chi connectivity index (χ0v) is 15.7. The zero-order chi connectivity index (χ0) is 17.5. The third kappa shape index (κ3) is 4.78. The van der Waals surface area contributed by atoms with E-state index in [1.165, 1.54) is 5.69 Å². The molecule has 0 aliphatic carbocycles. The van der Waals surface area contributed by atoms with Gasteiger partial charge in [-0.2, -0.15) is 0 Å². The van der Waals surface area contributed by atoms with E-state index in [1.54, 1.807) is 11.8 Å². The number of nitrogens with zero attached hydrogens (tertiary/aromatic N) is 1. The van der Waals surface area contributed by atoms with Gasteiger partial charge in [0.25, 0.3) is 5.91 Å². The van der Waals surface area contributed by atoms with Gasteiger partial charge in [-0.05, 0) is 50.2 Å². The van der Waals surface area contributed by atoms with Gasteiger partial charge in [0.05, 0.1) is 5.56 Å². The first-order valence-electron chi connectivity index (χ1n) is 8.47. The van der Waals surface area contributed by atoms with E-state index in [1.807, 2.05) is 36.4 Å². The number of carbonyl (C=O) groups is 1. The highest BCUT2D eigenvalue weighted by Gasteiger charge is 2.13. The molecule has 24 heavy (non-hydrogen) atoms. The summed E-state index contributed by atoms with van der Waals surface area (Å²) in [5.41, 5.74) is 2.72. The Morgan fingerprint density at radius 3 is 2.25 bits per heavy atom. The van der Waals surface area contributed by atoms with Crippen molar-refractivity contribution in [3.8, 4) is 0 Å². The van der Waals surface area contributed by atoms with Crippen molar-refractivity contribution in [1.29, 1.82) is 0 Å². The summed E-state index contributed by atoms with van der Waals surface area (Å²) in [6.45, 7) is 10.5. The maximum absolute atomic E-state index is 12.6. The number of nitrogens with one attached hydrogen (secondary N) is 1. The number of thioether (sulfide) groups is 1. The second kappa shape index (κ2) is 8.78. The summed E-state index contributed by atoms with van der Waals surface area (Å²) in [6, 6.07) is 15.8. The lowest BCUT2D eigenvalue weighted by molar-refractivity contribution is 0.102. The summed E-state index contributed by atoms with van der Waals surface area (Å²) in [4.78, 5) is 15.9. The number of anilines is 2. The van der Waals surface area contributed by atoms with Crippen molar-refractivity contribution < 1.29 is 4.79 Å². The highest BCUT2D eigenvalue weighted by atomic mass is 32.2. The van der Waals surface area contributed by atoms with E-state index in [0.717, 1.165) is 29.2 Å². The fraction of sp³-hybridized carbons (Fsp3) is 0.350. The van der Waals surface area contributed by atoms with E-state index in [0.29, 0.717) is 5.25 Å². The fourth-order valence-electron chi connectivity index (χ4n) is 2.55. The molecule has 2 aromatic carbocycles. The molecular weight excluding hydrogens is 316 g/mol. The maximum atomic E-state index is 12.6. The van der Waals surface area contributed by atoms with Gasteiger partial charge < -0.3 is 10.2 Å². The molecule has 0 aliphatic rings. The summed E-state index contributed by atoms with van der Waals surface area (Å²) in [7, 11) is 0. The Kier molecular flexibility index (Phi) is 6.73. The number of hydrogen-bond donors (Lipinski definition) is 1. The van der Waals surface area contributed by atoms with Crippen LogP contribution in [-0.4, -0.2) is 24.2 Å². The molecule has 0 fully saturated rings. The minimum Gasteiger partial charge on any atom is -0.372 e. The minimum absolute atomic E-state index is 0.0608. The third-order valence-corrected chi connectivity index (χ3v) is 4.83. The van der Waals surface area contributed by atoms with Crippen molar-refractivity contribution in [3.05, 3.63) is 54.1 Å². The molecule has 0 aromatic heterocycles. The van der Waals surface area contributed by atoms with Crippen LogP contribution in [0.3, 0.4) is 0 Å². The van der Waals surface area contributed by atoms with Crippen LogP contribution in [0.1, 0.15) is 38.1 Å². The Morgan fingerprint density at radius 2 is 1.67 bits per heavy atom. The largest absolute Gasteiger partial charge is 0.372 e. The Labute approximate surface area is 149 Å². The highest BCUT2D eigenvalue weighted by molar-refractivity contribution is 8.00. The van der Waals surface area contributed by atoms with Gasteiger partial charge in [0.15, 0.2) is 0 Å². The minimum atomic E-state index is -0.0608. The average Bonchev–Trinajstić information content (AvgIpc) is 2.57. The standard InChI is InChI=1S/C20H26N2OS/c1-5-22(6-2)17-13-11-16(12-14-17)21-20(23)18-9-7-8-10-19(18)24-15(3)4/h7-15H,5-6H2,1-4H3,(H,21,23). The highest BCUT2D eigenvalue weighted by Crippen LogP contribution is 2.27. The van der Waals surface area contributed by atoms with Crippen LogP contribution < -0.4 is 10.2 Å². The second-order valence-corrected chi connectivity index (χ2v) is 7.45. The van der Waals surface area contributed by atoms with E-state index < -0.39 is 0 Å². The molecular formula is C20H26N2OS. The van der Waals surface area contributed by atoms with Crippen LogP contribution in [0.5, 0.6) is 0 Å². The van der Waals surface area contributed by atoms with Gasteiger partial charge in [-0.1, -0.05) is 26.0 Å². The van der Waals surface area contributed by atoms with Crippen LogP contribution in [0.2, 0.25) is 0 Å². The monoisotopic (exact) mass is 342 g/mol. The molecule has 0 radical (unpaired) electrons. The van der Waals surface area contributed by atoms with Crippen molar-refractivity contribution in [3.63, 3.8) is 0 Å². The lowest BCUT2D eigenvalue weighted by atomic mass is 10.2. The van der Waals surface area contributed by atoms with Gasteiger partial charge in [-0.15, -0.1) is 11.8 Å². The predicted molar refractivity (Wildman–Crippen MR) is 105 cm³/mol. The average molecular weight is 343 g/mol. The molecule has 4 heteroatoms. The smallest absolute Gasteiger partial charge is 0.256 e. The molecule has 0 saturated carbocycles. The topological polar surface area (TPSA) is 32.3 Å². The summed E-state index contributed by atoms with van der Waals surface area (Å²) >= 11 is 1.71. The normalized spacial score (nSPS) is 10.7. The number of hydrogen-bond acceptors (Lipinski definition) is 3. The molecule has 0 heterocycles. The predicted octanol–water partition coefficient (Wildman–Crippen LogP) is 5.29. The summed E-state index contributed by atoms with van der Waals surface area (Å²) < 4.78 is 0. The second-order valence-electron chi connectivity index (χ2n) is 5.84. The van der Waals surface area contributed by atoms with Crippen molar-refractivity contribution in [2.45, 2.75) is 37.8 Å². The van der Waals surface area contributed by atoms with Crippen LogP contribution in [-0.2, 0) is 0 Å². The molecule has 0 spiro atoms. The van der Waals surface area contributed by atoms with Crippen molar-refractivity contribution >= 4 is 29.0 Å². The van der Waals surface area contributed by atoms with Crippen LogP contribution in [0, 0.1) is 0 Å². The molecule has 2 aromatic rings. The van der Waals surface area contributed by atoms with Crippen LogP contribution >= 0.6 is 11.8 Å². The molecule has 1 amide bonds. The molecule has 1 N–H and O–H groups in total. The van der Waals surface area contributed by atoms with Crippen molar-refractivity contribution in [2.75, 3.05) is 23.3 Å². The number of carbonyl (C=O) groups excluding carboxylic acids is 1. The number of amides is 1. The third-order valence-electron chi connectivity index (χ3n) is 3.75. The zero-order valence-electron chi connectivity index (χ0n) is 14.9. The molecule has 0 saturated heterocycles. The molecule has 0 unspecified atom stereocenters. The molecule has 0 bridgehead atoms. The SMILES string of the molecule is CCN(CC)c1ccc(NC(=O)c2ccccc2SC(C)C)cc1. The maximum Gasteiger partial charge on any atom is 0.256 e. The van der Waals surface area contributed by atoms with E-state index in [4.69, 9.17) is 0 Å². The molecule has 0 aliphatic heterocycles. The first-order chi connectivity index (χ1) is 11.5. The molecule has 128 valence electrons. The van der Waals surface area contributed by atoms with Crippen LogP contribution in [0.25, 0.3) is 0 Å². The Hall–Kier alpha value is -1.94. The number of rotatable bonds is 7. The van der Waals surface area contributed by atoms with Gasteiger partial charge in [0, 0.05) is 34.6 Å². The van der Waals surface area contributed by atoms with E-state index >= 15 is 0 Å². The molecule has 3 nitrogen and oxygen atoms in total. The van der Waals surface area contributed by atoms with Crippen molar-refractivity contribution in [1.82, 2.24) is 0 Å². The first kappa shape index (κ1) is 18.4. The van der Waals surface area contributed by atoms with Gasteiger partial charge in [-0.3, -0.25) is 4.79 Å². The van der Waals surface area contributed by atoms with Gasteiger partial charge in [0.2, 0.25) is 0 Å². The summed E-state index contributed by atoms with van der Waals surface area (Å²) in [5, 5.41) is 3.44. The quantitative estimate of drug-likeness (QED) is 0.694. The van der Waals surface area contributed by atoms with E-state index in [-0.39, 0.29) is 5.91 Å². The van der Waals surface area contributed by atoms with E-state index in [2.05, 4.69) is 50.0 Å². The Bertz CT molecular complexity index is 664. The summed E-state index contributed by atoms with van der Waals surface area (Å²) in [5.74, 6) is -0.0608. The molecule has 2 rings (SSSR count). The van der Waals surface area contributed by atoms with Gasteiger partial charge in [-0.25, -0.2) is 0 Å². The number of benzene rings is 2. The Morgan fingerprint density at radius 1 is 1.04 bits per heavy atom. The molecule has 0 atom stereocenters. The van der Waals surface area contributed by atoms with Crippen molar-refractivity contribution in [2.24, 2.45) is 0 Å². The van der Waals surface area contributed by atoms with E-state index in [9.17, 15) is 4.79 Å². The summed E-state index contributed by atoms with van der Waals surface area (Å²) in [6.07, 6.45) is 0. The first-order valence-corrected chi connectivity index (χ1v) is 9.35. The fourth-order valence-corrected chi connectivity index (χ4v) is 3.51. The van der Waals surface area contributed by atoms with Crippen LogP contribution in [0.4, 0.5) is 11.4 Å². The lowest BCUT2D eigenvalue weighted by Gasteiger charge is -2.21. The lowest BCUT2D eigenvalue weighted by Crippen LogP contribution is -2.21. The van der Waals surface area contributed by atoms with Crippen LogP contribution in [0.15, 0.2) is 53.4 Å². The Balaban J connectivity index is 2.13.